The molecule has 0 atom stereocenters. The van der Waals surface area contributed by atoms with Gasteiger partial charge in [0.05, 0.1) is 11.9 Å². The average molecular weight is 300 g/mol. The first-order valence-electron chi connectivity index (χ1n) is 4.11. The van der Waals surface area contributed by atoms with Crippen LogP contribution >= 0.6 is 22.6 Å². The van der Waals surface area contributed by atoms with Crippen LogP contribution in [0.5, 0.6) is 0 Å². The molecule has 0 aliphatic carbocycles. The van der Waals surface area contributed by atoms with Gasteiger partial charge in [-0.05, 0) is 47.2 Å². The van der Waals surface area contributed by atoms with Crippen molar-refractivity contribution in [3.8, 4) is 5.69 Å². The predicted molar refractivity (Wildman–Crippen MR) is 63.2 cm³/mol. The molecule has 2 N–H and O–H groups in total. The van der Waals surface area contributed by atoms with Crippen molar-refractivity contribution < 1.29 is 0 Å². The van der Waals surface area contributed by atoms with Crippen LogP contribution in [0, 0.1) is 10.5 Å². The summed E-state index contributed by atoms with van der Waals surface area (Å²) in [5, 5.41) is 8.07. The Kier molecular flexibility index (Phi) is 2.40. The van der Waals surface area contributed by atoms with E-state index in [9.17, 15) is 0 Å². The van der Waals surface area contributed by atoms with E-state index in [1.807, 2.05) is 18.2 Å². The highest BCUT2D eigenvalue weighted by Crippen LogP contribution is 2.15. The molecule has 1 heterocycles. The van der Waals surface area contributed by atoms with E-state index in [4.69, 9.17) is 5.73 Å². The maximum Gasteiger partial charge on any atom is 0.166 e. The molecular weight excluding hydrogens is 291 g/mol. The lowest BCUT2D eigenvalue weighted by molar-refractivity contribution is 0.753. The first kappa shape index (κ1) is 9.45. The molecule has 0 saturated heterocycles. The molecule has 5 heteroatoms. The molecule has 0 aliphatic heterocycles. The Labute approximate surface area is 95.3 Å². The molecule has 0 amide bonds. The number of halogens is 1. The number of aryl methyl sites for hydroxylation is 1. The SMILES string of the molecule is Cc1ccc(-n2ncc(N)n2)cc1I. The standard InChI is InChI=1S/C9H9IN4/c1-6-2-3-7(4-8(6)10)14-12-5-9(11)13-14/h2-5H,1H3,(H2,11,13). The second-order valence-electron chi connectivity index (χ2n) is 2.99. The summed E-state index contributed by atoms with van der Waals surface area (Å²) in [5.41, 5.74) is 7.66. The smallest absolute Gasteiger partial charge is 0.166 e. The minimum atomic E-state index is 0.431. The second kappa shape index (κ2) is 3.56. The van der Waals surface area contributed by atoms with Crippen molar-refractivity contribution in [1.29, 1.82) is 0 Å². The molecule has 2 aromatic rings. The van der Waals surface area contributed by atoms with Crippen molar-refractivity contribution in [3.05, 3.63) is 33.5 Å². The predicted octanol–water partition coefficient (Wildman–Crippen LogP) is 1.76. The zero-order valence-electron chi connectivity index (χ0n) is 7.61. The first-order chi connectivity index (χ1) is 6.66. The van der Waals surface area contributed by atoms with Crippen LogP contribution in [0.3, 0.4) is 0 Å². The van der Waals surface area contributed by atoms with Gasteiger partial charge in [0.25, 0.3) is 0 Å². The van der Waals surface area contributed by atoms with Crippen LogP contribution in [-0.4, -0.2) is 15.0 Å². The van der Waals surface area contributed by atoms with Crippen LogP contribution in [-0.2, 0) is 0 Å². The Morgan fingerprint density at radius 3 is 2.79 bits per heavy atom. The number of hydrogen-bond donors (Lipinski definition) is 1. The Bertz CT molecular complexity index is 464. The Balaban J connectivity index is 2.47. The number of aromatic nitrogens is 3. The lowest BCUT2D eigenvalue weighted by atomic mass is 10.2. The van der Waals surface area contributed by atoms with Crippen molar-refractivity contribution >= 4 is 28.4 Å². The molecule has 1 aromatic heterocycles. The van der Waals surface area contributed by atoms with Gasteiger partial charge < -0.3 is 5.73 Å². The number of hydrogen-bond acceptors (Lipinski definition) is 3. The zero-order chi connectivity index (χ0) is 10.1. The van der Waals surface area contributed by atoms with Gasteiger partial charge in [-0.1, -0.05) is 6.07 Å². The molecule has 4 nitrogen and oxygen atoms in total. The van der Waals surface area contributed by atoms with E-state index in [1.54, 1.807) is 0 Å². The number of nitrogens with two attached hydrogens (primary N) is 1. The molecular formula is C9H9IN4. The Morgan fingerprint density at radius 1 is 1.43 bits per heavy atom. The third kappa shape index (κ3) is 1.72. The van der Waals surface area contributed by atoms with Gasteiger partial charge in [-0.3, -0.25) is 0 Å². The first-order valence-corrected chi connectivity index (χ1v) is 5.19. The van der Waals surface area contributed by atoms with Crippen molar-refractivity contribution in [2.24, 2.45) is 0 Å². The van der Waals surface area contributed by atoms with Gasteiger partial charge in [0, 0.05) is 3.57 Å². The molecule has 2 rings (SSSR count). The van der Waals surface area contributed by atoms with E-state index >= 15 is 0 Å². The van der Waals surface area contributed by atoms with Crippen molar-refractivity contribution in [2.45, 2.75) is 6.92 Å². The molecule has 0 radical (unpaired) electrons. The third-order valence-electron chi connectivity index (χ3n) is 1.90. The van der Waals surface area contributed by atoms with Crippen LogP contribution in [0.25, 0.3) is 5.69 Å². The van der Waals surface area contributed by atoms with Crippen LogP contribution in [0.2, 0.25) is 0 Å². The number of anilines is 1. The maximum atomic E-state index is 5.49. The van der Waals surface area contributed by atoms with Gasteiger partial charge >= 0.3 is 0 Å². The molecule has 0 fully saturated rings. The molecule has 0 unspecified atom stereocenters. The quantitative estimate of drug-likeness (QED) is 0.817. The lowest BCUT2D eigenvalue weighted by Crippen LogP contribution is -2.00. The Morgan fingerprint density at radius 2 is 2.21 bits per heavy atom. The van der Waals surface area contributed by atoms with Gasteiger partial charge in [0.1, 0.15) is 0 Å². The summed E-state index contributed by atoms with van der Waals surface area (Å²) in [6.07, 6.45) is 1.53. The molecule has 14 heavy (non-hydrogen) atoms. The highest BCUT2D eigenvalue weighted by atomic mass is 127. The number of rotatable bonds is 1. The minimum Gasteiger partial charge on any atom is -0.381 e. The highest BCUT2D eigenvalue weighted by Gasteiger charge is 2.01. The van der Waals surface area contributed by atoms with Crippen molar-refractivity contribution in [2.75, 3.05) is 5.73 Å². The molecule has 1 aromatic carbocycles. The second-order valence-corrected chi connectivity index (χ2v) is 4.15. The topological polar surface area (TPSA) is 56.7 Å². The van der Waals surface area contributed by atoms with Gasteiger partial charge in [0.2, 0.25) is 0 Å². The van der Waals surface area contributed by atoms with E-state index in [-0.39, 0.29) is 0 Å². The largest absolute Gasteiger partial charge is 0.381 e. The average Bonchev–Trinajstić information content (AvgIpc) is 2.57. The van der Waals surface area contributed by atoms with Gasteiger partial charge in [0.15, 0.2) is 5.82 Å². The number of benzene rings is 1. The van der Waals surface area contributed by atoms with Crippen LogP contribution < -0.4 is 5.73 Å². The van der Waals surface area contributed by atoms with Crippen LogP contribution in [0.15, 0.2) is 24.4 Å². The van der Waals surface area contributed by atoms with E-state index in [2.05, 4.69) is 39.7 Å². The van der Waals surface area contributed by atoms with Crippen LogP contribution in [0.4, 0.5) is 5.82 Å². The molecule has 0 bridgehead atoms. The fourth-order valence-corrected chi connectivity index (χ4v) is 1.60. The number of nitrogens with zero attached hydrogens (tertiary/aromatic N) is 3. The molecule has 0 spiro atoms. The van der Waals surface area contributed by atoms with E-state index in [1.165, 1.54) is 20.1 Å². The van der Waals surface area contributed by atoms with Gasteiger partial charge in [-0.2, -0.15) is 5.10 Å². The highest BCUT2D eigenvalue weighted by molar-refractivity contribution is 14.1. The molecule has 0 aliphatic rings. The molecule has 72 valence electrons. The molecule has 0 saturated carbocycles. The zero-order valence-corrected chi connectivity index (χ0v) is 9.76. The summed E-state index contributed by atoms with van der Waals surface area (Å²) < 4.78 is 1.19. The third-order valence-corrected chi connectivity index (χ3v) is 3.06. The van der Waals surface area contributed by atoms with E-state index < -0.39 is 0 Å². The van der Waals surface area contributed by atoms with E-state index in [0.29, 0.717) is 5.82 Å². The maximum absolute atomic E-state index is 5.49. The van der Waals surface area contributed by atoms with Crippen molar-refractivity contribution in [3.63, 3.8) is 0 Å². The summed E-state index contributed by atoms with van der Waals surface area (Å²) in [5.74, 6) is 0.431. The van der Waals surface area contributed by atoms with Gasteiger partial charge in [-0.15, -0.1) is 9.90 Å². The monoisotopic (exact) mass is 300 g/mol. The summed E-state index contributed by atoms with van der Waals surface area (Å²) in [7, 11) is 0. The minimum absolute atomic E-state index is 0.431. The fourth-order valence-electron chi connectivity index (χ4n) is 1.11. The van der Waals surface area contributed by atoms with Gasteiger partial charge in [-0.25, -0.2) is 0 Å². The normalized spacial score (nSPS) is 10.4. The summed E-state index contributed by atoms with van der Waals surface area (Å²) in [6, 6.07) is 6.03. The lowest BCUT2D eigenvalue weighted by Gasteiger charge is -2.02. The van der Waals surface area contributed by atoms with Crippen LogP contribution in [0.1, 0.15) is 5.56 Å². The Hall–Kier alpha value is -1.11. The summed E-state index contributed by atoms with van der Waals surface area (Å²) in [6.45, 7) is 2.07. The summed E-state index contributed by atoms with van der Waals surface area (Å²) >= 11 is 2.28. The van der Waals surface area contributed by atoms with Crippen molar-refractivity contribution in [1.82, 2.24) is 15.0 Å². The number of nitrogen functional groups attached to an aromatic ring is 1. The fraction of sp³-hybridized carbons (Fsp3) is 0.111. The van der Waals surface area contributed by atoms with E-state index in [0.717, 1.165) is 5.69 Å². The summed E-state index contributed by atoms with van der Waals surface area (Å²) in [4.78, 5) is 1.52.